The molecule has 1 N–H and O–H groups in total. The third-order valence-corrected chi connectivity index (χ3v) is 8.26. The smallest absolute Gasteiger partial charge is 0.337 e. The second-order valence-electron chi connectivity index (χ2n) is 6.98. The molecule has 1 amide bonds. The SMILES string of the molecule is COC(=O)c1cccc(S(=O)(=O)NC(=O)C2CCN(S(=O)(=O)c3ccccc3)CC2)c1. The number of hydrogen-bond donors (Lipinski definition) is 1. The highest BCUT2D eigenvalue weighted by Gasteiger charge is 2.33. The Morgan fingerprint density at radius 1 is 0.935 bits per heavy atom. The Morgan fingerprint density at radius 3 is 2.16 bits per heavy atom. The van der Waals surface area contributed by atoms with Crippen LogP contribution in [0.3, 0.4) is 0 Å². The molecular formula is C20H22N2O7S2. The van der Waals surface area contributed by atoms with Gasteiger partial charge in [0.1, 0.15) is 0 Å². The molecule has 0 spiro atoms. The lowest BCUT2D eigenvalue weighted by molar-refractivity contribution is -0.124. The Labute approximate surface area is 181 Å². The zero-order valence-electron chi connectivity index (χ0n) is 16.7. The van der Waals surface area contributed by atoms with Gasteiger partial charge >= 0.3 is 5.97 Å². The van der Waals surface area contributed by atoms with Crippen molar-refractivity contribution in [2.24, 2.45) is 5.92 Å². The number of piperidine rings is 1. The van der Waals surface area contributed by atoms with Crippen molar-refractivity contribution < 1.29 is 31.2 Å². The molecule has 2 aromatic carbocycles. The predicted molar refractivity (Wildman–Crippen MR) is 111 cm³/mol. The second-order valence-corrected chi connectivity index (χ2v) is 10.6. The number of amides is 1. The molecule has 31 heavy (non-hydrogen) atoms. The van der Waals surface area contributed by atoms with Gasteiger partial charge in [0.15, 0.2) is 0 Å². The van der Waals surface area contributed by atoms with Gasteiger partial charge in [-0.25, -0.2) is 26.4 Å². The van der Waals surface area contributed by atoms with E-state index < -0.39 is 37.8 Å². The highest BCUT2D eigenvalue weighted by Crippen LogP contribution is 2.24. The Bertz CT molecular complexity index is 1170. The molecule has 9 nitrogen and oxygen atoms in total. The van der Waals surface area contributed by atoms with Crippen LogP contribution in [0.4, 0.5) is 0 Å². The van der Waals surface area contributed by atoms with Gasteiger partial charge in [0.05, 0.1) is 22.5 Å². The number of methoxy groups -OCH3 is 1. The number of nitrogens with one attached hydrogen (secondary N) is 1. The Morgan fingerprint density at radius 2 is 1.55 bits per heavy atom. The van der Waals surface area contributed by atoms with Gasteiger partial charge < -0.3 is 4.74 Å². The van der Waals surface area contributed by atoms with Gasteiger partial charge in [-0.3, -0.25) is 4.79 Å². The molecule has 0 atom stereocenters. The highest BCUT2D eigenvalue weighted by atomic mass is 32.2. The van der Waals surface area contributed by atoms with Crippen molar-refractivity contribution in [3.05, 3.63) is 60.2 Å². The van der Waals surface area contributed by atoms with Gasteiger partial charge in [-0.05, 0) is 43.2 Å². The summed E-state index contributed by atoms with van der Waals surface area (Å²) in [5.74, 6) is -2.06. The van der Waals surface area contributed by atoms with Crippen molar-refractivity contribution in [2.45, 2.75) is 22.6 Å². The van der Waals surface area contributed by atoms with Crippen molar-refractivity contribution in [1.29, 1.82) is 0 Å². The van der Waals surface area contributed by atoms with E-state index in [9.17, 15) is 26.4 Å². The summed E-state index contributed by atoms with van der Waals surface area (Å²) in [6.07, 6.45) is 0.380. The van der Waals surface area contributed by atoms with E-state index in [-0.39, 0.29) is 41.3 Å². The molecule has 11 heteroatoms. The summed E-state index contributed by atoms with van der Waals surface area (Å²) in [7, 11) is -6.69. The molecule has 2 aromatic rings. The average Bonchev–Trinajstić information content (AvgIpc) is 2.79. The lowest BCUT2D eigenvalue weighted by atomic mass is 9.98. The summed E-state index contributed by atoms with van der Waals surface area (Å²) in [4.78, 5) is 24.1. The summed E-state index contributed by atoms with van der Waals surface area (Å²) in [5.41, 5.74) is 0.0391. The first-order valence-corrected chi connectivity index (χ1v) is 12.4. The maximum Gasteiger partial charge on any atom is 0.337 e. The molecule has 1 aliphatic rings. The highest BCUT2D eigenvalue weighted by molar-refractivity contribution is 7.90. The van der Waals surface area contributed by atoms with E-state index in [2.05, 4.69) is 4.74 Å². The zero-order chi connectivity index (χ0) is 22.6. The molecule has 3 rings (SSSR count). The normalized spacial score (nSPS) is 15.9. The fourth-order valence-electron chi connectivity index (χ4n) is 3.28. The van der Waals surface area contributed by atoms with E-state index in [1.165, 1.54) is 41.7 Å². The van der Waals surface area contributed by atoms with E-state index in [0.29, 0.717) is 0 Å². The van der Waals surface area contributed by atoms with Crippen molar-refractivity contribution in [3.63, 3.8) is 0 Å². The number of rotatable bonds is 6. The standard InChI is InChI=1S/C20H22N2O7S2/c1-29-20(24)16-6-5-9-18(14-16)30(25,26)21-19(23)15-10-12-22(13-11-15)31(27,28)17-7-3-2-4-8-17/h2-9,14-15H,10-13H2,1H3,(H,21,23). The Hall–Kier alpha value is -2.76. The zero-order valence-corrected chi connectivity index (χ0v) is 18.4. The van der Waals surface area contributed by atoms with Crippen LogP contribution in [0.15, 0.2) is 64.4 Å². The fourth-order valence-corrected chi connectivity index (χ4v) is 5.86. The first-order valence-electron chi connectivity index (χ1n) is 9.45. The summed E-state index contributed by atoms with van der Waals surface area (Å²) in [6, 6.07) is 13.1. The first kappa shape index (κ1) is 22.9. The quantitative estimate of drug-likeness (QED) is 0.637. The van der Waals surface area contributed by atoms with E-state index in [1.54, 1.807) is 18.2 Å². The maximum absolute atomic E-state index is 12.7. The average molecular weight is 467 g/mol. The van der Waals surface area contributed by atoms with Gasteiger partial charge in [-0.1, -0.05) is 24.3 Å². The number of sulfonamides is 2. The van der Waals surface area contributed by atoms with Gasteiger partial charge in [0, 0.05) is 19.0 Å². The number of esters is 1. The minimum atomic E-state index is -4.20. The summed E-state index contributed by atoms with van der Waals surface area (Å²) in [5, 5.41) is 0. The van der Waals surface area contributed by atoms with E-state index in [1.807, 2.05) is 4.72 Å². The number of nitrogens with zero attached hydrogens (tertiary/aromatic N) is 1. The van der Waals surface area contributed by atoms with Gasteiger partial charge in [-0.2, -0.15) is 4.31 Å². The van der Waals surface area contributed by atoms with E-state index in [4.69, 9.17) is 0 Å². The van der Waals surface area contributed by atoms with Gasteiger partial charge in [0.2, 0.25) is 15.9 Å². The topological polar surface area (TPSA) is 127 Å². The molecular weight excluding hydrogens is 444 g/mol. The molecule has 0 radical (unpaired) electrons. The van der Waals surface area contributed by atoms with Crippen molar-refractivity contribution in [1.82, 2.24) is 9.03 Å². The molecule has 166 valence electrons. The molecule has 0 bridgehead atoms. The van der Waals surface area contributed by atoms with Crippen LogP contribution < -0.4 is 4.72 Å². The van der Waals surface area contributed by atoms with Crippen molar-refractivity contribution in [2.75, 3.05) is 20.2 Å². The monoisotopic (exact) mass is 466 g/mol. The molecule has 1 saturated heterocycles. The van der Waals surface area contributed by atoms with Crippen molar-refractivity contribution in [3.8, 4) is 0 Å². The van der Waals surface area contributed by atoms with Gasteiger partial charge in [0.25, 0.3) is 10.0 Å². The number of carbonyl (C=O) groups excluding carboxylic acids is 2. The molecule has 0 aromatic heterocycles. The number of carbonyl (C=O) groups is 2. The molecule has 1 aliphatic heterocycles. The van der Waals surface area contributed by atoms with Crippen LogP contribution in [0, 0.1) is 5.92 Å². The van der Waals surface area contributed by atoms with E-state index in [0.717, 1.165) is 6.07 Å². The summed E-state index contributed by atoms with van der Waals surface area (Å²) in [6.45, 7) is 0.209. The minimum Gasteiger partial charge on any atom is -0.465 e. The Kier molecular flexibility index (Phi) is 6.77. The second kappa shape index (κ2) is 9.16. The summed E-state index contributed by atoms with van der Waals surface area (Å²) < 4.78 is 58.4. The predicted octanol–water partition coefficient (Wildman–Crippen LogP) is 1.38. The van der Waals surface area contributed by atoms with Crippen LogP contribution in [0.1, 0.15) is 23.2 Å². The van der Waals surface area contributed by atoms with Crippen LogP contribution in [-0.2, 0) is 29.6 Å². The van der Waals surface area contributed by atoms with Crippen LogP contribution in [-0.4, -0.2) is 53.2 Å². The maximum atomic E-state index is 12.7. The van der Waals surface area contributed by atoms with Crippen LogP contribution >= 0.6 is 0 Å². The van der Waals surface area contributed by atoms with Crippen LogP contribution in [0.2, 0.25) is 0 Å². The summed E-state index contributed by atoms with van der Waals surface area (Å²) >= 11 is 0. The molecule has 0 unspecified atom stereocenters. The van der Waals surface area contributed by atoms with E-state index >= 15 is 0 Å². The van der Waals surface area contributed by atoms with Crippen molar-refractivity contribution >= 4 is 31.9 Å². The molecule has 0 saturated carbocycles. The fraction of sp³-hybridized carbons (Fsp3) is 0.300. The largest absolute Gasteiger partial charge is 0.465 e. The number of hydrogen-bond acceptors (Lipinski definition) is 7. The molecule has 1 heterocycles. The molecule has 1 fully saturated rings. The minimum absolute atomic E-state index is 0.0391. The van der Waals surface area contributed by atoms with Crippen LogP contribution in [0.25, 0.3) is 0 Å². The third kappa shape index (κ3) is 5.12. The Balaban J connectivity index is 1.65. The lowest BCUT2D eigenvalue weighted by Gasteiger charge is -2.30. The van der Waals surface area contributed by atoms with Gasteiger partial charge in [-0.15, -0.1) is 0 Å². The number of ether oxygens (including phenoxy) is 1. The van der Waals surface area contributed by atoms with Crippen LogP contribution in [0.5, 0.6) is 0 Å². The molecule has 0 aliphatic carbocycles. The lowest BCUT2D eigenvalue weighted by Crippen LogP contribution is -2.44. The first-order chi connectivity index (χ1) is 14.6. The number of benzene rings is 2. The third-order valence-electron chi connectivity index (χ3n) is 5.01.